The summed E-state index contributed by atoms with van der Waals surface area (Å²) < 4.78 is 4.84. The van der Waals surface area contributed by atoms with E-state index < -0.39 is 5.97 Å². The fourth-order valence-corrected chi connectivity index (χ4v) is 3.73. The summed E-state index contributed by atoms with van der Waals surface area (Å²) in [5.41, 5.74) is 3.21. The Hall–Kier alpha value is -3.64. The summed E-state index contributed by atoms with van der Waals surface area (Å²) in [7, 11) is 1.28. The van der Waals surface area contributed by atoms with Gasteiger partial charge in [0, 0.05) is 12.2 Å². The van der Waals surface area contributed by atoms with E-state index in [1.165, 1.54) is 12.0 Å². The van der Waals surface area contributed by atoms with Crippen molar-refractivity contribution in [2.24, 2.45) is 0 Å². The molecule has 1 heterocycles. The van der Waals surface area contributed by atoms with E-state index in [-0.39, 0.29) is 36.9 Å². The Labute approximate surface area is 174 Å². The van der Waals surface area contributed by atoms with Gasteiger partial charge in [-0.25, -0.2) is 4.79 Å². The highest BCUT2D eigenvalue weighted by molar-refractivity contribution is 6.08. The maximum absolute atomic E-state index is 12.7. The van der Waals surface area contributed by atoms with Crippen LogP contribution in [0, 0.1) is 0 Å². The lowest BCUT2D eigenvalue weighted by Crippen LogP contribution is -2.31. The van der Waals surface area contributed by atoms with Crippen LogP contribution >= 0.6 is 0 Å². The van der Waals surface area contributed by atoms with Crippen molar-refractivity contribution in [3.05, 3.63) is 78.0 Å². The van der Waals surface area contributed by atoms with Crippen molar-refractivity contribution < 1.29 is 19.4 Å². The minimum absolute atomic E-state index is 0.109. The van der Waals surface area contributed by atoms with Crippen LogP contribution in [0.15, 0.2) is 78.0 Å². The molecule has 4 rings (SSSR count). The van der Waals surface area contributed by atoms with Crippen molar-refractivity contribution in [3.63, 3.8) is 0 Å². The van der Waals surface area contributed by atoms with Gasteiger partial charge in [-0.3, -0.25) is 4.79 Å². The van der Waals surface area contributed by atoms with Gasteiger partial charge in [0.2, 0.25) is 0 Å². The number of carbonyl (C=O) groups excluding carboxylic acids is 2. The summed E-state index contributed by atoms with van der Waals surface area (Å²) in [6.07, 6.45) is 0. The van der Waals surface area contributed by atoms with Crippen molar-refractivity contribution >= 4 is 28.3 Å². The zero-order chi connectivity index (χ0) is 21.1. The van der Waals surface area contributed by atoms with E-state index in [2.05, 4.69) is 29.6 Å². The molecule has 1 aliphatic heterocycles. The molecule has 0 radical (unpaired) electrons. The molecule has 152 valence electrons. The second kappa shape index (κ2) is 8.39. The van der Waals surface area contributed by atoms with Crippen molar-refractivity contribution in [3.8, 4) is 11.1 Å². The Morgan fingerprint density at radius 2 is 1.87 bits per heavy atom. The Morgan fingerprint density at radius 1 is 1.10 bits per heavy atom. The molecule has 0 spiro atoms. The number of nitrogens with zero attached hydrogens (tertiary/aromatic N) is 1. The van der Waals surface area contributed by atoms with Gasteiger partial charge in [-0.2, -0.15) is 0 Å². The van der Waals surface area contributed by atoms with Gasteiger partial charge in [0.05, 0.1) is 25.8 Å². The third-order valence-corrected chi connectivity index (χ3v) is 5.19. The third-order valence-electron chi connectivity index (χ3n) is 5.19. The fraction of sp³-hybridized carbons (Fsp3) is 0.167. The van der Waals surface area contributed by atoms with E-state index in [1.54, 1.807) is 0 Å². The van der Waals surface area contributed by atoms with E-state index in [1.807, 2.05) is 42.5 Å². The third kappa shape index (κ3) is 3.65. The quantitative estimate of drug-likeness (QED) is 0.619. The first-order valence-corrected chi connectivity index (χ1v) is 9.69. The average molecular weight is 402 g/mol. The number of fused-ring (bicyclic) bond motifs is 1. The van der Waals surface area contributed by atoms with Gasteiger partial charge in [0.15, 0.2) is 0 Å². The Kier molecular flexibility index (Phi) is 5.50. The zero-order valence-corrected chi connectivity index (χ0v) is 16.6. The number of benzene rings is 3. The van der Waals surface area contributed by atoms with Crippen LogP contribution in [0.4, 0.5) is 5.69 Å². The van der Waals surface area contributed by atoms with Crippen LogP contribution in [0.3, 0.4) is 0 Å². The summed E-state index contributed by atoms with van der Waals surface area (Å²) in [6, 6.07) is 22.0. The second-order valence-electron chi connectivity index (χ2n) is 7.03. The fourth-order valence-electron chi connectivity index (χ4n) is 3.73. The van der Waals surface area contributed by atoms with Crippen LogP contribution in [0.25, 0.3) is 21.9 Å². The maximum Gasteiger partial charge on any atom is 0.337 e. The van der Waals surface area contributed by atoms with Gasteiger partial charge >= 0.3 is 5.97 Å². The minimum atomic E-state index is -0.559. The number of carbonyl (C=O) groups is 2. The summed E-state index contributed by atoms with van der Waals surface area (Å²) >= 11 is 0. The van der Waals surface area contributed by atoms with Gasteiger partial charge in [0.1, 0.15) is 5.70 Å². The number of hydrogen-bond acceptors (Lipinski definition) is 5. The normalized spacial score (nSPS) is 13.8. The molecule has 0 fully saturated rings. The van der Waals surface area contributed by atoms with Gasteiger partial charge < -0.3 is 20.1 Å². The number of esters is 1. The first-order chi connectivity index (χ1) is 14.6. The van der Waals surface area contributed by atoms with Crippen molar-refractivity contribution in [2.75, 3.05) is 32.1 Å². The standard InChI is InChI=1S/C24H22N2O4/c1-30-24(29)21-15-26(12-13-27)23(28)22(21)25-18-9-4-8-17(14-18)20-11-5-7-16-6-2-3-10-19(16)20/h2-11,14,25,27H,12-13,15H2,1H3. The SMILES string of the molecule is COC(=O)C1=C(Nc2cccc(-c3cccc4ccccc34)c2)C(=O)N(CCO)C1. The molecule has 2 N–H and O–H groups in total. The molecule has 0 bridgehead atoms. The number of aliphatic hydroxyl groups excluding tert-OH is 1. The predicted molar refractivity (Wildman–Crippen MR) is 116 cm³/mol. The van der Waals surface area contributed by atoms with Crippen molar-refractivity contribution in [1.82, 2.24) is 4.90 Å². The number of nitrogens with one attached hydrogen (secondary N) is 1. The molecule has 0 unspecified atom stereocenters. The van der Waals surface area contributed by atoms with Crippen LogP contribution in [-0.2, 0) is 14.3 Å². The monoisotopic (exact) mass is 402 g/mol. The number of aliphatic hydroxyl groups is 1. The van der Waals surface area contributed by atoms with Gasteiger partial charge in [-0.1, -0.05) is 54.6 Å². The Balaban J connectivity index is 1.70. The van der Waals surface area contributed by atoms with Gasteiger partial charge in [0.25, 0.3) is 5.91 Å². The minimum Gasteiger partial charge on any atom is -0.466 e. The first-order valence-electron chi connectivity index (χ1n) is 9.69. The number of ether oxygens (including phenoxy) is 1. The molecular weight excluding hydrogens is 380 g/mol. The molecule has 1 amide bonds. The summed E-state index contributed by atoms with van der Waals surface area (Å²) in [5, 5.41) is 14.6. The highest BCUT2D eigenvalue weighted by Gasteiger charge is 2.34. The number of hydrogen-bond donors (Lipinski definition) is 2. The van der Waals surface area contributed by atoms with Crippen molar-refractivity contribution in [2.45, 2.75) is 0 Å². The number of amides is 1. The smallest absolute Gasteiger partial charge is 0.337 e. The second-order valence-corrected chi connectivity index (χ2v) is 7.03. The first kappa shape index (κ1) is 19.7. The van der Waals surface area contributed by atoms with E-state index in [0.717, 1.165) is 21.9 Å². The number of anilines is 1. The van der Waals surface area contributed by atoms with Crippen molar-refractivity contribution in [1.29, 1.82) is 0 Å². The average Bonchev–Trinajstić information content (AvgIpc) is 3.08. The summed E-state index contributed by atoms with van der Waals surface area (Å²) in [6.45, 7) is 0.0853. The van der Waals surface area contributed by atoms with Gasteiger partial charge in [-0.15, -0.1) is 0 Å². The van der Waals surface area contributed by atoms with Crippen LogP contribution in [0.5, 0.6) is 0 Å². The zero-order valence-electron chi connectivity index (χ0n) is 16.6. The lowest BCUT2D eigenvalue weighted by atomic mass is 9.98. The molecule has 0 aromatic heterocycles. The molecule has 30 heavy (non-hydrogen) atoms. The molecule has 1 aliphatic rings. The van der Waals surface area contributed by atoms with Crippen LogP contribution in [0.2, 0.25) is 0 Å². The molecule has 0 saturated carbocycles. The number of methoxy groups -OCH3 is 1. The molecule has 0 saturated heterocycles. The lowest BCUT2D eigenvalue weighted by molar-refractivity contribution is -0.136. The van der Waals surface area contributed by atoms with Crippen LogP contribution < -0.4 is 5.32 Å². The molecule has 0 atom stereocenters. The Bertz CT molecular complexity index is 1150. The highest BCUT2D eigenvalue weighted by atomic mass is 16.5. The highest BCUT2D eigenvalue weighted by Crippen LogP contribution is 2.31. The molecule has 0 aliphatic carbocycles. The summed E-state index contributed by atoms with van der Waals surface area (Å²) in [4.78, 5) is 26.4. The molecule has 6 heteroatoms. The lowest BCUT2D eigenvalue weighted by Gasteiger charge is -2.15. The molecule has 6 nitrogen and oxygen atoms in total. The molecular formula is C24H22N2O4. The molecule has 3 aromatic rings. The van der Waals surface area contributed by atoms with Crippen LogP contribution in [0.1, 0.15) is 0 Å². The summed E-state index contributed by atoms with van der Waals surface area (Å²) in [5.74, 6) is -0.892. The topological polar surface area (TPSA) is 78.9 Å². The largest absolute Gasteiger partial charge is 0.466 e. The molecule has 3 aromatic carbocycles. The van der Waals surface area contributed by atoms with E-state index in [0.29, 0.717) is 5.69 Å². The number of rotatable bonds is 6. The number of β-amino-alcohol motifs (C(OH)–C–C–N with tert-alkyl or cyclic N) is 1. The van der Waals surface area contributed by atoms with E-state index in [4.69, 9.17) is 4.74 Å². The predicted octanol–water partition coefficient (Wildman–Crippen LogP) is 3.18. The van der Waals surface area contributed by atoms with E-state index >= 15 is 0 Å². The van der Waals surface area contributed by atoms with E-state index in [9.17, 15) is 14.7 Å². The maximum atomic E-state index is 12.7. The van der Waals surface area contributed by atoms with Crippen LogP contribution in [-0.4, -0.2) is 48.7 Å². The Morgan fingerprint density at radius 3 is 2.67 bits per heavy atom. The van der Waals surface area contributed by atoms with Gasteiger partial charge in [-0.05, 0) is 34.0 Å².